The molecule has 5 nitrogen and oxygen atoms in total. The molecule has 2 heterocycles. The van der Waals surface area contributed by atoms with Crippen LogP contribution in [0.3, 0.4) is 0 Å². The Hall–Kier alpha value is -0.290. The molecule has 0 aromatic carbocycles. The van der Waals surface area contributed by atoms with Crippen LogP contribution >= 0.6 is 24.0 Å². The standard InChI is InChI=1S/C20H38F3N5.HI/c1-4-24-19(25-10-6-8-12-26-11-7-5-9-17(26)2)28-15-13-27(14-16-28)18(3)20(21,22)23;/h17-18H,4-16H2,1-3H3,(H,24,25);1H. The monoisotopic (exact) mass is 533 g/mol. The minimum atomic E-state index is -4.16. The van der Waals surface area contributed by atoms with E-state index in [4.69, 9.17) is 4.99 Å². The molecule has 2 unspecified atom stereocenters. The Balaban J connectivity index is 0.00000420. The molecule has 0 amide bonds. The van der Waals surface area contributed by atoms with Gasteiger partial charge in [-0.05, 0) is 59.5 Å². The second-order valence-electron chi connectivity index (χ2n) is 8.06. The van der Waals surface area contributed by atoms with Crippen LogP contribution < -0.4 is 5.32 Å². The number of piperidine rings is 1. The van der Waals surface area contributed by atoms with Crippen molar-refractivity contribution in [3.8, 4) is 0 Å². The first-order valence-corrected chi connectivity index (χ1v) is 10.9. The van der Waals surface area contributed by atoms with Crippen molar-refractivity contribution in [2.75, 3.05) is 52.4 Å². The fourth-order valence-electron chi connectivity index (χ4n) is 4.06. The van der Waals surface area contributed by atoms with Gasteiger partial charge in [-0.1, -0.05) is 6.42 Å². The first-order chi connectivity index (χ1) is 13.3. The summed E-state index contributed by atoms with van der Waals surface area (Å²) in [6, 6.07) is -0.684. The highest BCUT2D eigenvalue weighted by molar-refractivity contribution is 14.0. The molecule has 0 aromatic rings. The number of alkyl halides is 3. The summed E-state index contributed by atoms with van der Waals surface area (Å²) in [6.07, 6.45) is 2.00. The Bertz CT molecular complexity index is 481. The Kier molecular flexibility index (Phi) is 12.2. The van der Waals surface area contributed by atoms with E-state index in [-0.39, 0.29) is 24.0 Å². The minimum Gasteiger partial charge on any atom is -0.357 e. The lowest BCUT2D eigenvalue weighted by atomic mass is 10.0. The summed E-state index contributed by atoms with van der Waals surface area (Å²) in [4.78, 5) is 10.9. The Morgan fingerprint density at radius 3 is 2.38 bits per heavy atom. The second-order valence-corrected chi connectivity index (χ2v) is 8.06. The molecular formula is C20H39F3IN5. The normalized spacial score (nSPS) is 23.6. The molecule has 0 spiro atoms. The van der Waals surface area contributed by atoms with E-state index in [1.807, 2.05) is 6.92 Å². The Morgan fingerprint density at radius 2 is 1.79 bits per heavy atom. The van der Waals surface area contributed by atoms with E-state index in [0.717, 1.165) is 38.4 Å². The van der Waals surface area contributed by atoms with Crippen molar-refractivity contribution < 1.29 is 13.2 Å². The van der Waals surface area contributed by atoms with Gasteiger partial charge in [0.15, 0.2) is 5.96 Å². The summed E-state index contributed by atoms with van der Waals surface area (Å²) >= 11 is 0. The van der Waals surface area contributed by atoms with Crippen LogP contribution in [0, 0.1) is 0 Å². The molecular weight excluding hydrogens is 494 g/mol. The molecule has 2 saturated heterocycles. The third-order valence-electron chi connectivity index (χ3n) is 6.03. The predicted octanol–water partition coefficient (Wildman–Crippen LogP) is 3.79. The smallest absolute Gasteiger partial charge is 0.357 e. The van der Waals surface area contributed by atoms with Gasteiger partial charge < -0.3 is 15.1 Å². The van der Waals surface area contributed by atoms with Crippen LogP contribution in [0.25, 0.3) is 0 Å². The van der Waals surface area contributed by atoms with Gasteiger partial charge in [0.05, 0.1) is 0 Å². The quantitative estimate of drug-likeness (QED) is 0.234. The third-order valence-corrected chi connectivity index (χ3v) is 6.03. The number of rotatable bonds is 7. The van der Waals surface area contributed by atoms with Gasteiger partial charge in [-0.15, -0.1) is 24.0 Å². The summed E-state index contributed by atoms with van der Waals surface area (Å²) in [5.41, 5.74) is 0. The maximum absolute atomic E-state index is 12.9. The van der Waals surface area contributed by atoms with Gasteiger partial charge >= 0.3 is 6.18 Å². The van der Waals surface area contributed by atoms with Crippen molar-refractivity contribution >= 4 is 29.9 Å². The lowest BCUT2D eigenvalue weighted by Gasteiger charge is -2.39. The molecule has 2 fully saturated rings. The highest BCUT2D eigenvalue weighted by Crippen LogP contribution is 2.25. The number of hydrogen-bond acceptors (Lipinski definition) is 3. The van der Waals surface area contributed by atoms with Gasteiger partial charge in [0.25, 0.3) is 0 Å². The molecule has 0 aromatic heterocycles. The van der Waals surface area contributed by atoms with Crippen molar-refractivity contribution in [2.45, 2.75) is 71.1 Å². The number of aliphatic imine (C=N–C) groups is 1. The van der Waals surface area contributed by atoms with Crippen LogP contribution in [-0.4, -0.2) is 91.3 Å². The third kappa shape index (κ3) is 8.77. The fraction of sp³-hybridized carbons (Fsp3) is 0.950. The van der Waals surface area contributed by atoms with Gasteiger partial charge in [0.2, 0.25) is 0 Å². The molecule has 2 aliphatic rings. The zero-order valence-electron chi connectivity index (χ0n) is 18.2. The molecule has 172 valence electrons. The summed E-state index contributed by atoms with van der Waals surface area (Å²) in [5, 5.41) is 3.30. The zero-order valence-corrected chi connectivity index (χ0v) is 20.5. The molecule has 1 N–H and O–H groups in total. The maximum atomic E-state index is 12.9. The summed E-state index contributed by atoms with van der Waals surface area (Å²) in [5.74, 6) is 0.841. The number of guanidine groups is 1. The average Bonchev–Trinajstić information content (AvgIpc) is 2.67. The van der Waals surface area contributed by atoms with E-state index in [1.165, 1.54) is 37.6 Å². The lowest BCUT2D eigenvalue weighted by Crippen LogP contribution is -2.56. The lowest BCUT2D eigenvalue weighted by molar-refractivity contribution is -0.181. The van der Waals surface area contributed by atoms with Crippen LogP contribution in [-0.2, 0) is 0 Å². The van der Waals surface area contributed by atoms with Crippen LogP contribution in [0.5, 0.6) is 0 Å². The maximum Gasteiger partial charge on any atom is 0.403 e. The number of nitrogens with one attached hydrogen (secondary N) is 1. The number of hydrogen-bond donors (Lipinski definition) is 1. The van der Waals surface area contributed by atoms with Crippen LogP contribution in [0.4, 0.5) is 13.2 Å². The number of nitrogens with zero attached hydrogens (tertiary/aromatic N) is 4. The predicted molar refractivity (Wildman–Crippen MR) is 124 cm³/mol. The molecule has 29 heavy (non-hydrogen) atoms. The van der Waals surface area contributed by atoms with Gasteiger partial charge in [-0.2, -0.15) is 13.2 Å². The minimum absolute atomic E-state index is 0. The number of likely N-dealkylation sites (tertiary alicyclic amines) is 1. The molecule has 0 aliphatic carbocycles. The average molecular weight is 533 g/mol. The van der Waals surface area contributed by atoms with E-state index in [2.05, 4.69) is 22.0 Å². The van der Waals surface area contributed by atoms with Crippen LogP contribution in [0.1, 0.15) is 52.9 Å². The first kappa shape index (κ1) is 26.7. The van der Waals surface area contributed by atoms with Crippen molar-refractivity contribution in [3.63, 3.8) is 0 Å². The summed E-state index contributed by atoms with van der Waals surface area (Å²) < 4.78 is 38.7. The zero-order chi connectivity index (χ0) is 20.6. The fourth-order valence-corrected chi connectivity index (χ4v) is 4.06. The number of unbranched alkanes of at least 4 members (excludes halogenated alkanes) is 1. The van der Waals surface area contributed by atoms with Gasteiger partial charge in [-0.3, -0.25) is 9.89 Å². The molecule has 0 bridgehead atoms. The van der Waals surface area contributed by atoms with E-state index in [1.54, 1.807) is 0 Å². The molecule has 2 atom stereocenters. The van der Waals surface area contributed by atoms with E-state index < -0.39 is 12.2 Å². The van der Waals surface area contributed by atoms with E-state index in [9.17, 15) is 13.2 Å². The van der Waals surface area contributed by atoms with Crippen LogP contribution in [0.15, 0.2) is 4.99 Å². The molecule has 0 radical (unpaired) electrons. The number of piperazine rings is 1. The molecule has 9 heteroatoms. The highest BCUT2D eigenvalue weighted by atomic mass is 127. The summed E-state index contributed by atoms with van der Waals surface area (Å²) in [6.45, 7) is 11.5. The van der Waals surface area contributed by atoms with Crippen LogP contribution in [0.2, 0.25) is 0 Å². The van der Waals surface area contributed by atoms with E-state index in [0.29, 0.717) is 32.2 Å². The summed E-state index contributed by atoms with van der Waals surface area (Å²) in [7, 11) is 0. The van der Waals surface area contributed by atoms with Gasteiger partial charge in [-0.25, -0.2) is 0 Å². The SMILES string of the molecule is CCNC(=NCCCCN1CCCCC1C)N1CCN(C(C)C(F)(F)F)CC1.I. The van der Waals surface area contributed by atoms with Crippen molar-refractivity contribution in [1.29, 1.82) is 0 Å². The number of halogens is 4. The second kappa shape index (κ2) is 13.2. The Labute approximate surface area is 191 Å². The largest absolute Gasteiger partial charge is 0.403 e. The van der Waals surface area contributed by atoms with Gasteiger partial charge in [0.1, 0.15) is 6.04 Å². The molecule has 2 aliphatic heterocycles. The van der Waals surface area contributed by atoms with Crippen molar-refractivity contribution in [2.24, 2.45) is 4.99 Å². The first-order valence-electron chi connectivity index (χ1n) is 10.9. The topological polar surface area (TPSA) is 34.1 Å². The highest BCUT2D eigenvalue weighted by Gasteiger charge is 2.41. The van der Waals surface area contributed by atoms with Gasteiger partial charge in [0, 0.05) is 45.3 Å². The van der Waals surface area contributed by atoms with E-state index >= 15 is 0 Å². The van der Waals surface area contributed by atoms with Crippen molar-refractivity contribution in [1.82, 2.24) is 20.0 Å². The molecule has 0 saturated carbocycles. The molecule has 2 rings (SSSR count). The Morgan fingerprint density at radius 1 is 1.10 bits per heavy atom. The van der Waals surface area contributed by atoms with Crippen molar-refractivity contribution in [3.05, 3.63) is 0 Å².